The molecule has 0 radical (unpaired) electrons. The second-order valence-electron chi connectivity index (χ2n) is 11.1. The summed E-state index contributed by atoms with van der Waals surface area (Å²) in [6, 6.07) is 10.4. The number of thiophene rings is 1. The van der Waals surface area contributed by atoms with E-state index in [-0.39, 0.29) is 12.0 Å². The lowest BCUT2D eigenvalue weighted by molar-refractivity contribution is 0.0240. The summed E-state index contributed by atoms with van der Waals surface area (Å²) in [5.74, 6) is -0.0884. The fourth-order valence-corrected chi connectivity index (χ4v) is 6.31. The number of hydrogen-bond acceptors (Lipinski definition) is 6. The van der Waals surface area contributed by atoms with E-state index in [4.69, 9.17) is 9.84 Å². The van der Waals surface area contributed by atoms with Crippen molar-refractivity contribution in [3.05, 3.63) is 40.9 Å². The van der Waals surface area contributed by atoms with Crippen molar-refractivity contribution in [1.29, 1.82) is 0 Å². The lowest BCUT2D eigenvalue weighted by Gasteiger charge is -2.36. The van der Waals surface area contributed by atoms with Gasteiger partial charge in [0.1, 0.15) is 10.4 Å². The number of rotatable bonds is 4. The number of aromatic nitrogens is 2. The Balaban J connectivity index is 1.20. The van der Waals surface area contributed by atoms with Crippen LogP contribution >= 0.6 is 11.3 Å². The van der Waals surface area contributed by atoms with Crippen LogP contribution in [0.3, 0.4) is 0 Å². The maximum absolute atomic E-state index is 13.1. The summed E-state index contributed by atoms with van der Waals surface area (Å²) in [4.78, 5) is 31.2. The molecule has 1 saturated carbocycles. The van der Waals surface area contributed by atoms with Gasteiger partial charge in [-0.25, -0.2) is 4.79 Å². The average Bonchev–Trinajstić information content (AvgIpc) is 3.45. The van der Waals surface area contributed by atoms with Crippen LogP contribution in [0.1, 0.15) is 74.3 Å². The summed E-state index contributed by atoms with van der Waals surface area (Å²) in [5.41, 5.74) is 2.35. The molecule has 0 unspecified atom stereocenters. The van der Waals surface area contributed by atoms with Crippen molar-refractivity contribution >= 4 is 44.9 Å². The number of benzene rings is 1. The number of anilines is 2. The molecule has 2 fully saturated rings. The Morgan fingerprint density at radius 2 is 1.70 bits per heavy atom. The Morgan fingerprint density at radius 3 is 2.35 bits per heavy atom. The largest absolute Gasteiger partial charge is 0.444 e. The van der Waals surface area contributed by atoms with Crippen molar-refractivity contribution < 1.29 is 14.3 Å². The zero-order valence-electron chi connectivity index (χ0n) is 22.2. The summed E-state index contributed by atoms with van der Waals surface area (Å²) < 4.78 is 7.66. The maximum atomic E-state index is 13.1. The molecule has 9 heteroatoms. The van der Waals surface area contributed by atoms with Crippen LogP contribution in [0.2, 0.25) is 0 Å². The Kier molecular flexibility index (Phi) is 7.16. The summed E-state index contributed by atoms with van der Waals surface area (Å²) in [6.45, 7) is 10.4. The molecule has 1 aromatic carbocycles. The zero-order chi connectivity index (χ0) is 26.2. The minimum Gasteiger partial charge on any atom is -0.444 e. The van der Waals surface area contributed by atoms with E-state index < -0.39 is 5.60 Å². The zero-order valence-corrected chi connectivity index (χ0v) is 23.1. The van der Waals surface area contributed by atoms with Gasteiger partial charge in [-0.3, -0.25) is 9.48 Å². The van der Waals surface area contributed by atoms with Gasteiger partial charge in [-0.05, 0) is 70.9 Å². The third kappa shape index (κ3) is 5.76. The molecule has 1 aliphatic carbocycles. The van der Waals surface area contributed by atoms with Crippen molar-refractivity contribution in [2.75, 3.05) is 36.4 Å². The van der Waals surface area contributed by atoms with E-state index >= 15 is 0 Å². The minimum atomic E-state index is -0.487. The smallest absolute Gasteiger partial charge is 0.410 e. The third-order valence-corrected chi connectivity index (χ3v) is 8.26. The van der Waals surface area contributed by atoms with Gasteiger partial charge in [0.2, 0.25) is 0 Å². The first-order valence-electron chi connectivity index (χ1n) is 13.3. The highest BCUT2D eigenvalue weighted by Crippen LogP contribution is 2.35. The van der Waals surface area contributed by atoms with E-state index in [1.54, 1.807) is 4.90 Å². The summed E-state index contributed by atoms with van der Waals surface area (Å²) >= 11 is 1.54. The van der Waals surface area contributed by atoms with Crippen LogP contribution in [0.5, 0.6) is 0 Å². The van der Waals surface area contributed by atoms with Crippen molar-refractivity contribution in [3.63, 3.8) is 0 Å². The number of amides is 2. The van der Waals surface area contributed by atoms with E-state index in [9.17, 15) is 9.59 Å². The second kappa shape index (κ2) is 10.4. The van der Waals surface area contributed by atoms with Crippen LogP contribution in [0.15, 0.2) is 30.3 Å². The van der Waals surface area contributed by atoms with Crippen LogP contribution in [0, 0.1) is 6.92 Å². The van der Waals surface area contributed by atoms with E-state index in [1.807, 2.05) is 58.0 Å². The van der Waals surface area contributed by atoms with E-state index in [0.717, 1.165) is 53.2 Å². The molecule has 0 bridgehead atoms. The van der Waals surface area contributed by atoms with Gasteiger partial charge in [0.25, 0.3) is 5.91 Å². The van der Waals surface area contributed by atoms with E-state index in [2.05, 4.69) is 14.9 Å². The quantitative estimate of drug-likeness (QED) is 0.439. The van der Waals surface area contributed by atoms with Crippen molar-refractivity contribution in [2.24, 2.45) is 0 Å². The number of piperazine rings is 1. The molecule has 3 aromatic rings. The summed E-state index contributed by atoms with van der Waals surface area (Å²) in [6.07, 6.45) is 5.88. The van der Waals surface area contributed by atoms with Crippen molar-refractivity contribution in [1.82, 2.24) is 14.7 Å². The Labute approximate surface area is 222 Å². The fourth-order valence-electron chi connectivity index (χ4n) is 5.18. The summed E-state index contributed by atoms with van der Waals surface area (Å²) in [5, 5.41) is 8.94. The standard InChI is InChI=1S/C28H37N5O3S/c1-19-23-18-24(37-26(23)33(30-19)22-8-6-5-7-9-22)25(34)29-20-10-12-21(13-11-20)31-14-16-32(17-15-31)27(35)36-28(2,3)4/h10-13,18,22H,5-9,14-17H2,1-4H3,(H,29,34). The fraction of sp³-hybridized carbons (Fsp3) is 0.536. The predicted octanol–water partition coefficient (Wildman–Crippen LogP) is 6.22. The number of nitrogens with zero attached hydrogens (tertiary/aromatic N) is 4. The Morgan fingerprint density at radius 1 is 1.03 bits per heavy atom. The van der Waals surface area contributed by atoms with Crippen molar-refractivity contribution in [2.45, 2.75) is 71.4 Å². The van der Waals surface area contributed by atoms with E-state index in [1.165, 1.54) is 30.6 Å². The number of nitrogens with one attached hydrogen (secondary N) is 1. The van der Waals surface area contributed by atoms with Gasteiger partial charge in [0, 0.05) is 42.9 Å². The molecule has 1 saturated heterocycles. The molecule has 2 aromatic heterocycles. The van der Waals surface area contributed by atoms with Gasteiger partial charge in [0.05, 0.1) is 16.6 Å². The van der Waals surface area contributed by atoms with Gasteiger partial charge in [0.15, 0.2) is 0 Å². The third-order valence-electron chi connectivity index (χ3n) is 7.13. The lowest BCUT2D eigenvalue weighted by atomic mass is 9.96. The Hall–Kier alpha value is -3.07. The average molecular weight is 524 g/mol. The molecule has 0 atom stereocenters. The number of carbonyl (C=O) groups excluding carboxylic acids is 2. The molecule has 2 aliphatic rings. The highest BCUT2D eigenvalue weighted by molar-refractivity contribution is 7.20. The number of ether oxygens (including phenoxy) is 1. The predicted molar refractivity (Wildman–Crippen MR) is 149 cm³/mol. The topological polar surface area (TPSA) is 79.7 Å². The first kappa shape index (κ1) is 25.6. The SMILES string of the molecule is Cc1nn(C2CCCCC2)c2sc(C(=O)Nc3ccc(N4CCN(C(=O)OC(C)(C)C)CC4)cc3)cc12. The molecule has 198 valence electrons. The number of fused-ring (bicyclic) bond motifs is 1. The van der Waals surface area contributed by atoms with Crippen LogP contribution in [-0.4, -0.2) is 58.5 Å². The maximum Gasteiger partial charge on any atom is 0.410 e. The molecule has 1 N–H and O–H groups in total. The van der Waals surface area contributed by atoms with Gasteiger partial charge < -0.3 is 19.9 Å². The molecule has 0 spiro atoms. The first-order valence-corrected chi connectivity index (χ1v) is 14.1. The Bertz CT molecular complexity index is 1260. The molecule has 37 heavy (non-hydrogen) atoms. The lowest BCUT2D eigenvalue weighted by Crippen LogP contribution is -2.50. The molecule has 2 amide bonds. The van der Waals surface area contributed by atoms with Crippen LogP contribution in [0.25, 0.3) is 10.2 Å². The van der Waals surface area contributed by atoms with Crippen LogP contribution < -0.4 is 10.2 Å². The van der Waals surface area contributed by atoms with Gasteiger partial charge in [-0.2, -0.15) is 5.10 Å². The highest BCUT2D eigenvalue weighted by Gasteiger charge is 2.26. The number of carbonyl (C=O) groups is 2. The molecule has 1 aliphatic heterocycles. The monoisotopic (exact) mass is 523 g/mol. The summed E-state index contributed by atoms with van der Waals surface area (Å²) in [7, 11) is 0. The van der Waals surface area contributed by atoms with E-state index in [0.29, 0.717) is 24.0 Å². The van der Waals surface area contributed by atoms with Gasteiger partial charge >= 0.3 is 6.09 Å². The normalized spacial score (nSPS) is 17.3. The van der Waals surface area contributed by atoms with Crippen molar-refractivity contribution in [3.8, 4) is 0 Å². The number of aryl methyl sites for hydroxylation is 1. The van der Waals surface area contributed by atoms with Gasteiger partial charge in [-0.1, -0.05) is 19.3 Å². The molecular weight excluding hydrogens is 486 g/mol. The first-order chi connectivity index (χ1) is 17.7. The number of hydrogen-bond donors (Lipinski definition) is 1. The molecule has 3 heterocycles. The minimum absolute atomic E-state index is 0.0884. The molecular formula is C28H37N5O3S. The van der Waals surface area contributed by atoms with Crippen LogP contribution in [-0.2, 0) is 4.74 Å². The molecule has 5 rings (SSSR count). The van der Waals surface area contributed by atoms with Crippen LogP contribution in [0.4, 0.5) is 16.2 Å². The highest BCUT2D eigenvalue weighted by atomic mass is 32.1. The van der Waals surface area contributed by atoms with Gasteiger partial charge in [-0.15, -0.1) is 11.3 Å². The second-order valence-corrected chi connectivity index (χ2v) is 12.1. The molecule has 8 nitrogen and oxygen atoms in total.